The Morgan fingerprint density at radius 1 is 1.19 bits per heavy atom. The van der Waals surface area contributed by atoms with Crippen molar-refractivity contribution in [3.05, 3.63) is 41.5 Å². The Morgan fingerprint density at radius 3 is 2.45 bits per heavy atom. The zero-order valence-corrected chi connectivity index (χ0v) is 21.5. The van der Waals surface area contributed by atoms with Crippen molar-refractivity contribution in [3.8, 4) is 0 Å². The first kappa shape index (κ1) is 25.9. The van der Waals surface area contributed by atoms with E-state index in [4.69, 9.17) is 5.73 Å². The summed E-state index contributed by atoms with van der Waals surface area (Å²) in [5.41, 5.74) is 11.0. The highest BCUT2D eigenvalue weighted by atomic mass is 15.2. The first-order chi connectivity index (χ1) is 14.5. The highest BCUT2D eigenvalue weighted by Gasteiger charge is 2.26. The molecule has 1 unspecified atom stereocenters. The van der Waals surface area contributed by atoms with Crippen molar-refractivity contribution in [1.29, 1.82) is 0 Å². The third-order valence-electron chi connectivity index (χ3n) is 6.32. The Hall–Kier alpha value is -1.32. The van der Waals surface area contributed by atoms with Gasteiger partial charge in [-0.25, -0.2) is 0 Å². The van der Waals surface area contributed by atoms with Crippen LogP contribution in [0.2, 0.25) is 0 Å². The molecule has 0 saturated carbocycles. The van der Waals surface area contributed by atoms with Crippen LogP contribution in [0.3, 0.4) is 0 Å². The number of piperidine rings is 1. The van der Waals surface area contributed by atoms with Gasteiger partial charge in [0.15, 0.2) is 0 Å². The Labute approximate surface area is 193 Å². The van der Waals surface area contributed by atoms with Gasteiger partial charge in [-0.05, 0) is 81.5 Å². The van der Waals surface area contributed by atoms with Crippen LogP contribution in [0.15, 0.2) is 35.9 Å². The largest absolute Gasteiger partial charge is 0.364 e. The van der Waals surface area contributed by atoms with Gasteiger partial charge in [0.1, 0.15) is 0 Å². The number of nitrogens with two attached hydrogens (primary N) is 1. The molecule has 31 heavy (non-hydrogen) atoms. The van der Waals surface area contributed by atoms with E-state index in [1.807, 2.05) is 0 Å². The Balaban J connectivity index is 2.09. The van der Waals surface area contributed by atoms with Crippen molar-refractivity contribution in [2.24, 2.45) is 17.1 Å². The fourth-order valence-electron chi connectivity index (χ4n) is 4.58. The molecular formula is C28H49N3. The van der Waals surface area contributed by atoms with E-state index in [0.717, 1.165) is 32.5 Å². The lowest BCUT2D eigenvalue weighted by atomic mass is 9.88. The first-order valence-electron chi connectivity index (χ1n) is 12.5. The van der Waals surface area contributed by atoms with E-state index in [2.05, 4.69) is 88.6 Å². The summed E-state index contributed by atoms with van der Waals surface area (Å²) in [6.45, 7) is 20.2. The Bertz CT molecular complexity index is 664. The number of allylic oxidation sites excluding steroid dienone is 1. The van der Waals surface area contributed by atoms with E-state index in [9.17, 15) is 0 Å². The van der Waals surface area contributed by atoms with E-state index >= 15 is 0 Å². The predicted molar refractivity (Wildman–Crippen MR) is 138 cm³/mol. The standard InChI is InChI=1S/C28H49N3/c1-22(2)15-18-31(26-12-10-24(11-13-26)14-16-28(5,6)7)27-9-8-17-30(21-27)20-25(29)19-23(3)4/h10-13,15,23,25,27H,8-9,14,16-21,29H2,1-7H3/t25?,27-/m0/s1. The van der Waals surface area contributed by atoms with Gasteiger partial charge in [0, 0.05) is 37.4 Å². The molecule has 1 aliphatic rings. The van der Waals surface area contributed by atoms with E-state index in [1.54, 1.807) is 0 Å². The molecule has 0 radical (unpaired) electrons. The van der Waals surface area contributed by atoms with Gasteiger partial charge in [-0.3, -0.25) is 4.90 Å². The van der Waals surface area contributed by atoms with Gasteiger partial charge in [-0.15, -0.1) is 0 Å². The molecule has 1 fully saturated rings. The van der Waals surface area contributed by atoms with Crippen LogP contribution in [-0.4, -0.2) is 43.2 Å². The Kier molecular flexibility index (Phi) is 10.1. The van der Waals surface area contributed by atoms with Crippen LogP contribution in [-0.2, 0) is 6.42 Å². The molecule has 0 amide bonds. The van der Waals surface area contributed by atoms with Gasteiger partial charge in [0.25, 0.3) is 0 Å². The zero-order chi connectivity index (χ0) is 23.0. The summed E-state index contributed by atoms with van der Waals surface area (Å²) in [5.74, 6) is 0.668. The molecule has 1 heterocycles. The lowest BCUT2D eigenvalue weighted by molar-refractivity contribution is 0.188. The van der Waals surface area contributed by atoms with Crippen LogP contribution < -0.4 is 10.6 Å². The molecule has 0 spiro atoms. The van der Waals surface area contributed by atoms with E-state index in [1.165, 1.54) is 42.6 Å². The third kappa shape index (κ3) is 9.78. The molecule has 0 aromatic heterocycles. The summed E-state index contributed by atoms with van der Waals surface area (Å²) in [7, 11) is 0. The van der Waals surface area contributed by atoms with Gasteiger partial charge in [-0.1, -0.05) is 58.4 Å². The number of anilines is 1. The minimum atomic E-state index is 0.284. The molecule has 2 rings (SSSR count). The number of likely N-dealkylation sites (tertiary alicyclic amines) is 1. The normalized spacial score (nSPS) is 18.8. The molecule has 1 saturated heterocycles. The highest BCUT2D eigenvalue weighted by Crippen LogP contribution is 2.26. The predicted octanol–water partition coefficient (Wildman–Crippen LogP) is 6.28. The molecule has 1 aliphatic heterocycles. The number of nitrogens with zero attached hydrogens (tertiary/aromatic N) is 2. The average molecular weight is 428 g/mol. The average Bonchev–Trinajstić information content (AvgIpc) is 2.66. The number of hydrogen-bond acceptors (Lipinski definition) is 3. The SMILES string of the molecule is CC(C)=CCN(c1ccc(CCC(C)(C)C)cc1)[C@H]1CCCN(CC(N)CC(C)C)C1. The van der Waals surface area contributed by atoms with E-state index in [-0.39, 0.29) is 6.04 Å². The summed E-state index contributed by atoms with van der Waals surface area (Å²) in [6.07, 6.45) is 8.38. The highest BCUT2D eigenvalue weighted by molar-refractivity contribution is 5.49. The van der Waals surface area contributed by atoms with Crippen molar-refractivity contribution in [2.45, 2.75) is 92.7 Å². The molecule has 2 atom stereocenters. The summed E-state index contributed by atoms with van der Waals surface area (Å²) < 4.78 is 0. The summed E-state index contributed by atoms with van der Waals surface area (Å²) in [4.78, 5) is 5.23. The molecule has 1 aromatic carbocycles. The van der Waals surface area contributed by atoms with Gasteiger partial charge < -0.3 is 10.6 Å². The molecule has 0 aliphatic carbocycles. The molecule has 3 heteroatoms. The van der Waals surface area contributed by atoms with Gasteiger partial charge >= 0.3 is 0 Å². The lowest BCUT2D eigenvalue weighted by Crippen LogP contribution is -2.51. The van der Waals surface area contributed by atoms with Crippen LogP contribution in [0.5, 0.6) is 0 Å². The number of aryl methyl sites for hydroxylation is 1. The fourth-order valence-corrected chi connectivity index (χ4v) is 4.58. The Morgan fingerprint density at radius 2 is 1.87 bits per heavy atom. The van der Waals surface area contributed by atoms with Crippen LogP contribution in [0.1, 0.15) is 79.7 Å². The topological polar surface area (TPSA) is 32.5 Å². The molecule has 0 bridgehead atoms. The van der Waals surface area contributed by atoms with Crippen molar-refractivity contribution >= 4 is 5.69 Å². The van der Waals surface area contributed by atoms with Crippen molar-refractivity contribution in [1.82, 2.24) is 4.90 Å². The summed E-state index contributed by atoms with van der Waals surface area (Å²) in [5, 5.41) is 0. The zero-order valence-electron chi connectivity index (χ0n) is 21.5. The fraction of sp³-hybridized carbons (Fsp3) is 0.714. The minimum Gasteiger partial charge on any atom is -0.364 e. The lowest BCUT2D eigenvalue weighted by Gasteiger charge is -2.41. The quantitative estimate of drug-likeness (QED) is 0.446. The van der Waals surface area contributed by atoms with Crippen molar-refractivity contribution in [2.75, 3.05) is 31.1 Å². The summed E-state index contributed by atoms with van der Waals surface area (Å²) in [6, 6.07) is 10.2. The molecule has 176 valence electrons. The molecule has 2 N–H and O–H groups in total. The maximum atomic E-state index is 6.45. The van der Waals surface area contributed by atoms with Crippen LogP contribution in [0.25, 0.3) is 0 Å². The molecule has 3 nitrogen and oxygen atoms in total. The molecule has 1 aromatic rings. The van der Waals surface area contributed by atoms with Crippen LogP contribution in [0, 0.1) is 11.3 Å². The summed E-state index contributed by atoms with van der Waals surface area (Å²) >= 11 is 0. The van der Waals surface area contributed by atoms with Gasteiger partial charge in [0.05, 0.1) is 0 Å². The maximum absolute atomic E-state index is 6.45. The first-order valence-corrected chi connectivity index (χ1v) is 12.5. The van der Waals surface area contributed by atoms with Gasteiger partial charge in [0.2, 0.25) is 0 Å². The van der Waals surface area contributed by atoms with Crippen LogP contribution in [0.4, 0.5) is 5.69 Å². The second-order valence-electron chi connectivity index (χ2n) is 11.6. The number of rotatable bonds is 10. The molecular weight excluding hydrogens is 378 g/mol. The second-order valence-corrected chi connectivity index (χ2v) is 11.6. The number of hydrogen-bond donors (Lipinski definition) is 1. The number of benzene rings is 1. The van der Waals surface area contributed by atoms with E-state index in [0.29, 0.717) is 17.4 Å². The van der Waals surface area contributed by atoms with Gasteiger partial charge in [-0.2, -0.15) is 0 Å². The van der Waals surface area contributed by atoms with Crippen molar-refractivity contribution < 1.29 is 0 Å². The minimum absolute atomic E-state index is 0.284. The third-order valence-corrected chi connectivity index (χ3v) is 6.32. The van der Waals surface area contributed by atoms with Crippen molar-refractivity contribution in [3.63, 3.8) is 0 Å². The monoisotopic (exact) mass is 427 g/mol. The maximum Gasteiger partial charge on any atom is 0.0421 e. The van der Waals surface area contributed by atoms with Crippen LogP contribution >= 0.6 is 0 Å². The van der Waals surface area contributed by atoms with E-state index < -0.39 is 0 Å². The smallest absolute Gasteiger partial charge is 0.0421 e. The second kappa shape index (κ2) is 12.1.